The topological polar surface area (TPSA) is 54.4 Å². The summed E-state index contributed by atoms with van der Waals surface area (Å²) in [7, 11) is -2.09. The van der Waals surface area contributed by atoms with Gasteiger partial charge in [0.05, 0.1) is 29.6 Å². The highest BCUT2D eigenvalue weighted by molar-refractivity contribution is 7.76. The summed E-state index contributed by atoms with van der Waals surface area (Å²) in [6, 6.07) is 11.5. The van der Waals surface area contributed by atoms with Crippen LogP contribution < -0.4 is 0 Å². The molecule has 1 aliphatic carbocycles. The molecular formula is C30H37F3O3P+. The second kappa shape index (κ2) is 12.4. The molecule has 1 atom stereocenters. The number of alkyl halides is 3. The van der Waals surface area contributed by atoms with Crippen molar-refractivity contribution in [2.24, 2.45) is 0 Å². The molecule has 0 bridgehead atoms. The largest absolute Gasteiger partial charge is 0.507 e. The van der Waals surface area contributed by atoms with E-state index >= 15 is 0 Å². The Labute approximate surface area is 218 Å². The van der Waals surface area contributed by atoms with Crippen molar-refractivity contribution in [3.8, 4) is 0 Å². The van der Waals surface area contributed by atoms with Crippen LogP contribution in [0.3, 0.4) is 0 Å². The van der Waals surface area contributed by atoms with Crippen LogP contribution in [0.1, 0.15) is 92.0 Å². The minimum atomic E-state index is -4.48. The molecule has 0 spiro atoms. The number of hydrogen-bond acceptors (Lipinski definition) is 3. The molecule has 0 saturated carbocycles. The maximum absolute atomic E-state index is 13.7. The number of rotatable bonds is 12. The van der Waals surface area contributed by atoms with Crippen LogP contribution in [0.4, 0.5) is 13.2 Å². The smallest absolute Gasteiger partial charge is 0.416 e. The minimum Gasteiger partial charge on any atom is -0.507 e. The van der Waals surface area contributed by atoms with Crippen molar-refractivity contribution in [2.75, 3.05) is 18.5 Å². The molecule has 0 heterocycles. The van der Waals surface area contributed by atoms with Gasteiger partial charge in [-0.2, -0.15) is 13.2 Å². The van der Waals surface area contributed by atoms with Crippen LogP contribution in [-0.2, 0) is 11.0 Å². The van der Waals surface area contributed by atoms with Crippen LogP contribution in [-0.4, -0.2) is 35.2 Å². The van der Waals surface area contributed by atoms with Gasteiger partial charge in [0.25, 0.3) is 0 Å². The van der Waals surface area contributed by atoms with Crippen LogP contribution >= 0.6 is 7.26 Å². The molecule has 1 unspecified atom stereocenters. The highest BCUT2D eigenvalue weighted by Crippen LogP contribution is 2.74. The third-order valence-electron chi connectivity index (χ3n) is 7.38. The molecule has 0 saturated heterocycles. The molecule has 3 nitrogen and oxygen atoms in total. The number of ketones is 2. The van der Waals surface area contributed by atoms with E-state index in [0.29, 0.717) is 11.1 Å². The van der Waals surface area contributed by atoms with Crippen molar-refractivity contribution >= 4 is 24.6 Å². The van der Waals surface area contributed by atoms with E-state index in [2.05, 4.69) is 20.8 Å². The SMILES string of the molecule is CCCC[P+](CCCC)(CCCC)C(C1=C(O)c2ccccc2C(=O)C1=O)c1ccc(C(F)(F)F)cc1. The van der Waals surface area contributed by atoms with E-state index in [1.165, 1.54) is 18.2 Å². The fourth-order valence-corrected chi connectivity index (χ4v) is 11.3. The average Bonchev–Trinajstić information content (AvgIpc) is 2.89. The Morgan fingerprint density at radius 3 is 1.70 bits per heavy atom. The Morgan fingerprint density at radius 2 is 1.24 bits per heavy atom. The van der Waals surface area contributed by atoms with E-state index in [1.807, 2.05) is 0 Å². The zero-order valence-electron chi connectivity index (χ0n) is 21.9. The van der Waals surface area contributed by atoms with Crippen LogP contribution in [0.25, 0.3) is 5.76 Å². The van der Waals surface area contributed by atoms with Gasteiger partial charge in [-0.25, -0.2) is 0 Å². The first-order chi connectivity index (χ1) is 17.6. The maximum atomic E-state index is 13.7. The standard InChI is InChI=1S/C30H36F3O3P/c1-4-7-18-37(19-8-5-2,20-9-6-3)29(21-14-16-22(17-15-21)30(31,32)33)25-26(34)23-12-10-11-13-24(23)27(35)28(25)36/h10-17,29H,4-9,18-20H2,1-3H3/p+1. The predicted molar refractivity (Wildman–Crippen MR) is 146 cm³/mol. The summed E-state index contributed by atoms with van der Waals surface area (Å²) >= 11 is 0. The first-order valence-electron chi connectivity index (χ1n) is 13.3. The number of fused-ring (bicyclic) bond motifs is 1. The third-order valence-corrected chi connectivity index (χ3v) is 12.7. The zero-order chi connectivity index (χ0) is 27.2. The molecule has 200 valence electrons. The number of benzene rings is 2. The van der Waals surface area contributed by atoms with Crippen molar-refractivity contribution in [1.82, 2.24) is 0 Å². The summed E-state index contributed by atoms with van der Waals surface area (Å²) < 4.78 is 40.2. The molecule has 2 aromatic rings. The van der Waals surface area contributed by atoms with Gasteiger partial charge in [0, 0.05) is 18.4 Å². The van der Waals surface area contributed by atoms with Crippen LogP contribution in [0.2, 0.25) is 0 Å². The monoisotopic (exact) mass is 533 g/mol. The van der Waals surface area contributed by atoms with Gasteiger partial charge in [0.15, 0.2) is 0 Å². The Morgan fingerprint density at radius 1 is 0.757 bits per heavy atom. The Hall–Kier alpha value is -2.46. The predicted octanol–water partition coefficient (Wildman–Crippen LogP) is 8.90. The lowest BCUT2D eigenvalue weighted by molar-refractivity contribution is -0.137. The first-order valence-corrected chi connectivity index (χ1v) is 15.7. The fraction of sp³-hybridized carbons (Fsp3) is 0.467. The van der Waals surface area contributed by atoms with Gasteiger partial charge in [-0.05, 0) is 37.0 Å². The maximum Gasteiger partial charge on any atom is 0.416 e. The number of Topliss-reactive ketones (excluding diaryl/α,β-unsaturated/α-hetero) is 2. The van der Waals surface area contributed by atoms with Crippen molar-refractivity contribution in [3.05, 3.63) is 76.4 Å². The Kier molecular flexibility index (Phi) is 9.74. The second-order valence-electron chi connectivity index (χ2n) is 9.94. The number of aliphatic hydroxyl groups excluding tert-OH is 1. The molecule has 2 aromatic carbocycles. The van der Waals surface area contributed by atoms with Gasteiger partial charge in [0.2, 0.25) is 11.6 Å². The Bertz CT molecular complexity index is 1110. The molecule has 0 aromatic heterocycles. The molecule has 1 aliphatic rings. The van der Waals surface area contributed by atoms with Crippen LogP contribution in [0, 0.1) is 0 Å². The minimum absolute atomic E-state index is 0.0695. The van der Waals surface area contributed by atoms with E-state index < -0.39 is 36.2 Å². The van der Waals surface area contributed by atoms with Crippen molar-refractivity contribution < 1.29 is 27.9 Å². The fourth-order valence-electron chi connectivity index (χ4n) is 5.39. The van der Waals surface area contributed by atoms with Crippen LogP contribution in [0.15, 0.2) is 54.1 Å². The highest BCUT2D eigenvalue weighted by Gasteiger charge is 2.52. The first kappa shape index (κ1) is 29.1. The lowest BCUT2D eigenvalue weighted by Gasteiger charge is -2.38. The van der Waals surface area contributed by atoms with Gasteiger partial charge >= 0.3 is 6.18 Å². The van der Waals surface area contributed by atoms with Gasteiger partial charge in [-0.3, -0.25) is 9.59 Å². The van der Waals surface area contributed by atoms with Crippen LogP contribution in [0.5, 0.6) is 0 Å². The van der Waals surface area contributed by atoms with Gasteiger partial charge in [-0.1, -0.05) is 76.4 Å². The van der Waals surface area contributed by atoms with E-state index in [-0.39, 0.29) is 16.9 Å². The molecule has 37 heavy (non-hydrogen) atoms. The number of hydrogen-bond donors (Lipinski definition) is 1. The molecular weight excluding hydrogens is 496 g/mol. The summed E-state index contributed by atoms with van der Waals surface area (Å²) in [6.45, 7) is 6.30. The number of allylic oxidation sites excluding steroid dienone is 1. The van der Waals surface area contributed by atoms with E-state index in [9.17, 15) is 27.9 Å². The van der Waals surface area contributed by atoms with E-state index in [0.717, 1.165) is 69.1 Å². The summed E-state index contributed by atoms with van der Waals surface area (Å²) in [5.41, 5.74) is -0.224. The summed E-state index contributed by atoms with van der Waals surface area (Å²) in [5.74, 6) is -1.62. The summed E-state index contributed by atoms with van der Waals surface area (Å²) in [6.07, 6.45) is 3.69. The molecule has 0 fully saturated rings. The molecule has 0 aliphatic heterocycles. The van der Waals surface area contributed by atoms with E-state index in [1.54, 1.807) is 18.2 Å². The quantitative estimate of drug-likeness (QED) is 0.219. The number of halogens is 3. The normalized spacial score (nSPS) is 15.2. The molecule has 0 amide bonds. The highest BCUT2D eigenvalue weighted by atomic mass is 31.2. The molecule has 0 radical (unpaired) electrons. The van der Waals surface area contributed by atoms with Gasteiger partial charge in [-0.15, -0.1) is 0 Å². The number of unbranched alkanes of at least 4 members (excludes halogenated alkanes) is 3. The summed E-state index contributed by atoms with van der Waals surface area (Å²) in [5, 5.41) is 11.5. The third kappa shape index (κ3) is 6.17. The Balaban J connectivity index is 2.33. The average molecular weight is 534 g/mol. The molecule has 1 N–H and O–H groups in total. The van der Waals surface area contributed by atoms with Gasteiger partial charge in [0.1, 0.15) is 11.4 Å². The van der Waals surface area contributed by atoms with E-state index in [4.69, 9.17) is 0 Å². The van der Waals surface area contributed by atoms with Gasteiger partial charge < -0.3 is 5.11 Å². The number of carbonyl (C=O) groups excluding carboxylic acids is 2. The lowest BCUT2D eigenvalue weighted by Crippen LogP contribution is -2.30. The number of carbonyl (C=O) groups is 2. The summed E-state index contributed by atoms with van der Waals surface area (Å²) in [4.78, 5) is 26.9. The van der Waals surface area contributed by atoms with Crippen molar-refractivity contribution in [3.63, 3.8) is 0 Å². The van der Waals surface area contributed by atoms with Crippen molar-refractivity contribution in [2.45, 2.75) is 71.1 Å². The number of aliphatic hydroxyl groups is 1. The van der Waals surface area contributed by atoms with Crippen molar-refractivity contribution in [1.29, 1.82) is 0 Å². The second-order valence-corrected chi connectivity index (χ2v) is 14.2. The molecule has 7 heteroatoms. The zero-order valence-corrected chi connectivity index (χ0v) is 22.8. The molecule has 3 rings (SSSR count). The lowest BCUT2D eigenvalue weighted by atomic mass is 9.85.